The molecule has 45 heavy (non-hydrogen) atoms. The second kappa shape index (κ2) is 10.3. The highest BCUT2D eigenvalue weighted by atomic mass is 19.3. The molecule has 4 aliphatic heterocycles. The minimum atomic E-state index is -1.75. The van der Waals surface area contributed by atoms with Gasteiger partial charge in [0, 0.05) is 55.3 Å². The number of piperazine rings is 1. The van der Waals surface area contributed by atoms with Gasteiger partial charge in [-0.3, -0.25) is 15.0 Å². The molecule has 0 amide bonds. The molecule has 4 saturated heterocycles. The number of hydrogen-bond donors (Lipinski definition) is 2. The van der Waals surface area contributed by atoms with Crippen molar-refractivity contribution in [3.8, 4) is 17.3 Å². The third kappa shape index (κ3) is 4.65. The number of halogens is 4. The van der Waals surface area contributed by atoms with Crippen LogP contribution >= 0.6 is 0 Å². The highest BCUT2D eigenvalue weighted by Gasteiger charge is 2.50. The normalized spacial score (nSPS) is 27.9. The van der Waals surface area contributed by atoms with Crippen molar-refractivity contribution in [1.29, 1.82) is 0 Å². The Labute approximate surface area is 257 Å². The molecule has 0 aliphatic carbocycles. The first-order valence-corrected chi connectivity index (χ1v) is 15.5. The lowest BCUT2D eigenvalue weighted by Crippen LogP contribution is -2.59. The molecular weight excluding hydrogens is 588 g/mol. The molecular formula is C32H34F4N8O. The van der Waals surface area contributed by atoms with E-state index in [-0.39, 0.29) is 36.4 Å². The van der Waals surface area contributed by atoms with Gasteiger partial charge < -0.3 is 15.0 Å². The van der Waals surface area contributed by atoms with Gasteiger partial charge in [-0.15, -0.1) is 0 Å². The Balaban J connectivity index is 1.26. The summed E-state index contributed by atoms with van der Waals surface area (Å²) in [5.41, 5.74) is 1.97. The fourth-order valence-electron chi connectivity index (χ4n) is 8.23. The summed E-state index contributed by atoms with van der Waals surface area (Å²) >= 11 is 0. The van der Waals surface area contributed by atoms with Crippen LogP contribution in [0, 0.1) is 19.7 Å². The first kappa shape index (κ1) is 28.6. The van der Waals surface area contributed by atoms with E-state index in [2.05, 4.69) is 30.4 Å². The van der Waals surface area contributed by atoms with E-state index in [9.17, 15) is 13.2 Å². The molecule has 3 aromatic heterocycles. The van der Waals surface area contributed by atoms with Gasteiger partial charge in [0.05, 0.1) is 28.2 Å². The number of fused-ring (bicyclic) bond motifs is 5. The Hall–Kier alpha value is -3.84. The van der Waals surface area contributed by atoms with E-state index in [4.69, 9.17) is 9.72 Å². The highest BCUT2D eigenvalue weighted by Crippen LogP contribution is 2.42. The Bertz CT molecular complexity index is 1860. The number of aryl methyl sites for hydroxylation is 1. The summed E-state index contributed by atoms with van der Waals surface area (Å²) in [6.07, 6.45) is 4.90. The summed E-state index contributed by atoms with van der Waals surface area (Å²) in [6, 6.07) is 1.89. The second-order valence-electron chi connectivity index (χ2n) is 13.3. The number of ether oxygens (including phenoxy) is 1. The van der Waals surface area contributed by atoms with Gasteiger partial charge in [-0.05, 0) is 63.3 Å². The van der Waals surface area contributed by atoms with Gasteiger partial charge in [0.15, 0.2) is 5.82 Å². The van der Waals surface area contributed by atoms with Gasteiger partial charge in [0.1, 0.15) is 29.8 Å². The van der Waals surface area contributed by atoms with Gasteiger partial charge >= 0.3 is 6.01 Å². The van der Waals surface area contributed by atoms with Crippen LogP contribution in [0.25, 0.3) is 33.1 Å². The summed E-state index contributed by atoms with van der Waals surface area (Å²) in [4.78, 5) is 18.0. The maximum Gasteiger partial charge on any atom is 0.319 e. The van der Waals surface area contributed by atoms with Crippen LogP contribution < -0.4 is 15.0 Å². The van der Waals surface area contributed by atoms with Crippen molar-refractivity contribution < 1.29 is 22.3 Å². The van der Waals surface area contributed by atoms with Gasteiger partial charge in [0.2, 0.25) is 0 Å². The van der Waals surface area contributed by atoms with Crippen LogP contribution in [0.1, 0.15) is 43.2 Å². The van der Waals surface area contributed by atoms with E-state index in [1.165, 1.54) is 0 Å². The largest absolute Gasteiger partial charge is 0.461 e. The quantitative estimate of drug-likeness (QED) is 0.277. The lowest BCUT2D eigenvalue weighted by molar-refractivity contribution is 0.107. The van der Waals surface area contributed by atoms with Crippen molar-refractivity contribution in [2.24, 2.45) is 0 Å². The minimum Gasteiger partial charge on any atom is -0.461 e. The monoisotopic (exact) mass is 622 g/mol. The highest BCUT2D eigenvalue weighted by molar-refractivity contribution is 5.99. The fourth-order valence-corrected chi connectivity index (χ4v) is 8.23. The molecule has 2 N–H and O–H groups in total. The first-order chi connectivity index (χ1) is 21.6. The average molecular weight is 623 g/mol. The lowest BCUT2D eigenvalue weighted by Gasteiger charge is -2.40. The van der Waals surface area contributed by atoms with Crippen molar-refractivity contribution in [3.63, 3.8) is 0 Å². The zero-order valence-electron chi connectivity index (χ0n) is 25.1. The topological polar surface area (TPSA) is 95.1 Å². The molecule has 1 aromatic carbocycles. The van der Waals surface area contributed by atoms with Crippen molar-refractivity contribution >= 4 is 27.6 Å². The minimum absolute atomic E-state index is 0.0280. The van der Waals surface area contributed by atoms with E-state index >= 15 is 4.39 Å². The molecule has 236 valence electrons. The van der Waals surface area contributed by atoms with Crippen LogP contribution in [0.2, 0.25) is 0 Å². The molecule has 9 nitrogen and oxygen atoms in total. The van der Waals surface area contributed by atoms with E-state index in [0.717, 1.165) is 53.9 Å². The predicted octanol–water partition coefficient (Wildman–Crippen LogP) is 5.37. The van der Waals surface area contributed by atoms with Crippen LogP contribution in [-0.4, -0.2) is 86.1 Å². The Morgan fingerprint density at radius 2 is 2.02 bits per heavy atom. The van der Waals surface area contributed by atoms with Crippen molar-refractivity contribution in [3.05, 3.63) is 47.6 Å². The Kier molecular flexibility index (Phi) is 6.58. The second-order valence-corrected chi connectivity index (χ2v) is 13.3. The molecule has 4 aliphatic rings. The van der Waals surface area contributed by atoms with Crippen LogP contribution in [-0.2, 0) is 0 Å². The van der Waals surface area contributed by atoms with Gasteiger partial charge in [-0.25, -0.2) is 8.78 Å². The van der Waals surface area contributed by atoms with Crippen LogP contribution in [0.15, 0.2) is 30.6 Å². The molecule has 2 bridgehead atoms. The smallest absolute Gasteiger partial charge is 0.319 e. The molecule has 7 heterocycles. The van der Waals surface area contributed by atoms with E-state index < -0.39 is 29.1 Å². The maximum absolute atomic E-state index is 16.8. The number of benzene rings is 1. The van der Waals surface area contributed by atoms with Gasteiger partial charge in [-0.2, -0.15) is 23.8 Å². The lowest BCUT2D eigenvalue weighted by atomic mass is 9.95. The van der Waals surface area contributed by atoms with Crippen molar-refractivity contribution in [2.45, 2.75) is 69.2 Å². The fraction of sp³-hybridized carbons (Fsp3) is 0.500. The Morgan fingerprint density at radius 3 is 2.87 bits per heavy atom. The van der Waals surface area contributed by atoms with Gasteiger partial charge in [0.25, 0.3) is 6.08 Å². The summed E-state index contributed by atoms with van der Waals surface area (Å²) in [6.45, 7) is 5.92. The van der Waals surface area contributed by atoms with E-state index in [1.807, 2.05) is 24.8 Å². The zero-order chi connectivity index (χ0) is 31.1. The number of pyridine rings is 1. The number of nitrogens with one attached hydrogen (secondary N) is 2. The number of nitrogens with zero attached hydrogens (tertiary/aromatic N) is 6. The van der Waals surface area contributed by atoms with Crippen LogP contribution in [0.4, 0.5) is 23.4 Å². The summed E-state index contributed by atoms with van der Waals surface area (Å²) in [5.74, 6) is -0.256. The molecule has 2 unspecified atom stereocenters. The maximum atomic E-state index is 16.8. The molecule has 13 heteroatoms. The molecule has 4 aromatic rings. The Morgan fingerprint density at radius 1 is 1.16 bits per heavy atom. The molecule has 8 rings (SSSR count). The van der Waals surface area contributed by atoms with Gasteiger partial charge in [-0.1, -0.05) is 0 Å². The number of H-pyrrole nitrogens is 1. The van der Waals surface area contributed by atoms with Crippen molar-refractivity contribution in [1.82, 2.24) is 35.4 Å². The third-order valence-corrected chi connectivity index (χ3v) is 10.4. The third-order valence-electron chi connectivity index (χ3n) is 10.4. The molecule has 4 atom stereocenters. The summed E-state index contributed by atoms with van der Waals surface area (Å²) in [7, 11) is 0. The first-order valence-electron chi connectivity index (χ1n) is 15.5. The molecule has 0 radical (unpaired) electrons. The number of hydrogen-bond acceptors (Lipinski definition) is 8. The predicted molar refractivity (Wildman–Crippen MR) is 162 cm³/mol. The van der Waals surface area contributed by atoms with E-state index in [0.29, 0.717) is 42.7 Å². The summed E-state index contributed by atoms with van der Waals surface area (Å²) in [5, 5.41) is 11.6. The SMILES string of the molecule is Cc1cc2[nH]ncc2c(-c2ncc3c(N4CC5CCC(C=C(F)F)(C4)N5)nc(OC[C@@]45CCCN4C[C@H](F)C5)nc3c2F)c1C. The number of alkyl halides is 1. The number of aromatic amines is 1. The average Bonchev–Trinajstić information content (AvgIpc) is 3.75. The van der Waals surface area contributed by atoms with Crippen LogP contribution in [0.5, 0.6) is 6.01 Å². The standard InChI is InChI=1S/C32H34F4N8O/c1-17-8-23-21(12-38-42-23)25(18(17)2)28-26(36)27-22(11-37-28)29(43-14-20-4-6-31(15-43,41-20)10-24(34)35)40-30(39-27)45-16-32-5-3-7-44(32)13-19(33)9-32/h8,10-12,19-20,41H,3-7,9,13-16H2,1-2H3,(H,38,42)/t19-,20?,31?,32+/m1/s1. The van der Waals surface area contributed by atoms with Crippen LogP contribution in [0.3, 0.4) is 0 Å². The number of aromatic nitrogens is 5. The summed E-state index contributed by atoms with van der Waals surface area (Å²) < 4.78 is 64.7. The van der Waals surface area contributed by atoms with E-state index in [1.54, 1.807) is 12.4 Å². The number of rotatable bonds is 6. The zero-order valence-corrected chi connectivity index (χ0v) is 25.1. The molecule has 4 fully saturated rings. The van der Waals surface area contributed by atoms with Crippen molar-refractivity contribution in [2.75, 3.05) is 37.7 Å². The number of anilines is 1. The molecule has 0 saturated carbocycles. The molecule has 0 spiro atoms.